The molecule has 116 valence electrons. The molecule has 1 amide bonds. The topological polar surface area (TPSA) is 55.6 Å². The lowest BCUT2D eigenvalue weighted by atomic mass is 9.92. The number of carbonyl (C=O) groups is 1. The predicted octanol–water partition coefficient (Wildman–Crippen LogP) is 2.96. The van der Waals surface area contributed by atoms with Crippen LogP contribution in [0, 0.1) is 5.92 Å². The van der Waals surface area contributed by atoms with Gasteiger partial charge in [-0.25, -0.2) is 0 Å². The van der Waals surface area contributed by atoms with Gasteiger partial charge in [0.1, 0.15) is 5.75 Å². The minimum atomic E-state index is -0.0450. The Kier molecular flexibility index (Phi) is 5.73. The van der Waals surface area contributed by atoms with Crippen molar-refractivity contribution >= 4 is 29.1 Å². The monoisotopic (exact) mass is 330 g/mol. The maximum absolute atomic E-state index is 12.2. The summed E-state index contributed by atoms with van der Waals surface area (Å²) in [4.78, 5) is 14.0. The zero-order valence-corrected chi connectivity index (χ0v) is 13.5. The SMILES string of the molecule is C[C@@H](N)[C@@H]1CCCN(C(=O)COc2cc(Cl)ccc2Cl)C1. The summed E-state index contributed by atoms with van der Waals surface area (Å²) in [5, 5.41) is 0.969. The summed E-state index contributed by atoms with van der Waals surface area (Å²) in [7, 11) is 0. The van der Waals surface area contributed by atoms with Crippen LogP contribution in [0.25, 0.3) is 0 Å². The first-order chi connectivity index (χ1) is 9.97. The summed E-state index contributed by atoms with van der Waals surface area (Å²) in [5.41, 5.74) is 5.93. The van der Waals surface area contributed by atoms with Gasteiger partial charge in [-0.3, -0.25) is 4.79 Å². The summed E-state index contributed by atoms with van der Waals surface area (Å²) < 4.78 is 5.49. The van der Waals surface area contributed by atoms with Crippen molar-refractivity contribution in [1.82, 2.24) is 4.90 Å². The number of ether oxygens (including phenoxy) is 1. The van der Waals surface area contributed by atoms with Gasteiger partial charge in [0.25, 0.3) is 5.91 Å². The molecule has 1 aromatic carbocycles. The zero-order chi connectivity index (χ0) is 15.4. The molecule has 4 nitrogen and oxygen atoms in total. The number of amides is 1. The molecule has 2 N–H and O–H groups in total. The molecule has 21 heavy (non-hydrogen) atoms. The number of rotatable bonds is 4. The minimum absolute atomic E-state index is 0.0360. The highest BCUT2D eigenvalue weighted by Gasteiger charge is 2.26. The highest BCUT2D eigenvalue weighted by molar-refractivity contribution is 6.34. The zero-order valence-electron chi connectivity index (χ0n) is 12.0. The Hall–Kier alpha value is -0.970. The van der Waals surface area contributed by atoms with Crippen LogP contribution >= 0.6 is 23.2 Å². The second-order valence-corrected chi connectivity index (χ2v) is 6.31. The fourth-order valence-electron chi connectivity index (χ4n) is 2.48. The van der Waals surface area contributed by atoms with E-state index in [-0.39, 0.29) is 18.6 Å². The Morgan fingerprint density at radius 2 is 2.29 bits per heavy atom. The fraction of sp³-hybridized carbons (Fsp3) is 0.533. The first-order valence-electron chi connectivity index (χ1n) is 7.08. The van der Waals surface area contributed by atoms with E-state index in [0.717, 1.165) is 19.4 Å². The van der Waals surface area contributed by atoms with Gasteiger partial charge in [-0.05, 0) is 37.8 Å². The van der Waals surface area contributed by atoms with E-state index in [1.54, 1.807) is 18.2 Å². The van der Waals surface area contributed by atoms with Gasteiger partial charge >= 0.3 is 0 Å². The van der Waals surface area contributed by atoms with E-state index in [2.05, 4.69) is 0 Å². The number of carbonyl (C=O) groups excluding carboxylic acids is 1. The number of nitrogens with zero attached hydrogens (tertiary/aromatic N) is 1. The number of halogens is 2. The van der Waals surface area contributed by atoms with Crippen LogP contribution in [0.15, 0.2) is 18.2 Å². The first-order valence-corrected chi connectivity index (χ1v) is 7.84. The molecule has 1 aliphatic heterocycles. The number of likely N-dealkylation sites (tertiary alicyclic amines) is 1. The summed E-state index contributed by atoms with van der Waals surface area (Å²) in [6.07, 6.45) is 2.05. The van der Waals surface area contributed by atoms with Crippen molar-refractivity contribution in [3.8, 4) is 5.75 Å². The summed E-state index contributed by atoms with van der Waals surface area (Å²) >= 11 is 11.9. The molecular weight excluding hydrogens is 311 g/mol. The summed E-state index contributed by atoms with van der Waals surface area (Å²) in [6, 6.07) is 5.04. The van der Waals surface area contributed by atoms with Gasteiger partial charge in [-0.1, -0.05) is 23.2 Å². The number of benzene rings is 1. The normalized spacial score (nSPS) is 20.2. The van der Waals surface area contributed by atoms with Gasteiger partial charge in [0.15, 0.2) is 6.61 Å². The van der Waals surface area contributed by atoms with Gasteiger partial charge in [-0.2, -0.15) is 0 Å². The van der Waals surface area contributed by atoms with Crippen LogP contribution in [0.2, 0.25) is 10.0 Å². The molecular formula is C15H20Cl2N2O2. The Balaban J connectivity index is 1.91. The molecule has 0 aliphatic carbocycles. The number of hydrogen-bond donors (Lipinski definition) is 1. The third kappa shape index (κ3) is 4.50. The van der Waals surface area contributed by atoms with Crippen molar-refractivity contribution < 1.29 is 9.53 Å². The maximum Gasteiger partial charge on any atom is 0.260 e. The van der Waals surface area contributed by atoms with Crippen molar-refractivity contribution in [3.05, 3.63) is 28.2 Å². The van der Waals surface area contributed by atoms with Crippen LogP contribution in [-0.2, 0) is 4.79 Å². The second-order valence-electron chi connectivity index (χ2n) is 5.46. The van der Waals surface area contributed by atoms with Gasteiger partial charge < -0.3 is 15.4 Å². The molecule has 2 atom stereocenters. The Labute approximate surface area is 135 Å². The van der Waals surface area contributed by atoms with E-state index >= 15 is 0 Å². The molecule has 2 rings (SSSR count). The second kappa shape index (κ2) is 7.34. The predicted molar refractivity (Wildman–Crippen MR) is 84.9 cm³/mol. The summed E-state index contributed by atoms with van der Waals surface area (Å²) in [6.45, 7) is 3.41. The quantitative estimate of drug-likeness (QED) is 0.923. The lowest BCUT2D eigenvalue weighted by Crippen LogP contribution is -2.46. The Bertz CT molecular complexity index is 508. The molecule has 0 spiro atoms. The molecule has 6 heteroatoms. The molecule has 0 bridgehead atoms. The van der Waals surface area contributed by atoms with Crippen LogP contribution in [0.3, 0.4) is 0 Å². The molecule has 0 saturated carbocycles. The average Bonchev–Trinajstić information content (AvgIpc) is 2.48. The van der Waals surface area contributed by atoms with E-state index in [1.165, 1.54) is 0 Å². The lowest BCUT2D eigenvalue weighted by molar-refractivity contribution is -0.135. The van der Waals surface area contributed by atoms with Crippen molar-refractivity contribution in [1.29, 1.82) is 0 Å². The van der Waals surface area contributed by atoms with Gasteiger partial charge in [-0.15, -0.1) is 0 Å². The van der Waals surface area contributed by atoms with E-state index in [0.29, 0.717) is 28.3 Å². The smallest absolute Gasteiger partial charge is 0.260 e. The average molecular weight is 331 g/mol. The van der Waals surface area contributed by atoms with Crippen LogP contribution in [0.1, 0.15) is 19.8 Å². The van der Waals surface area contributed by atoms with E-state index < -0.39 is 0 Å². The molecule has 0 unspecified atom stereocenters. The van der Waals surface area contributed by atoms with Crippen LogP contribution in [0.4, 0.5) is 0 Å². The molecule has 1 fully saturated rings. The molecule has 1 heterocycles. The largest absolute Gasteiger partial charge is 0.482 e. The van der Waals surface area contributed by atoms with E-state index in [4.69, 9.17) is 33.7 Å². The molecule has 0 radical (unpaired) electrons. The highest BCUT2D eigenvalue weighted by atomic mass is 35.5. The Morgan fingerprint density at radius 1 is 1.52 bits per heavy atom. The first kappa shape index (κ1) is 16.4. The molecule has 1 saturated heterocycles. The third-order valence-corrected chi connectivity index (χ3v) is 4.35. The minimum Gasteiger partial charge on any atom is -0.482 e. The maximum atomic E-state index is 12.2. The van der Waals surface area contributed by atoms with Crippen LogP contribution < -0.4 is 10.5 Å². The third-order valence-electron chi connectivity index (χ3n) is 3.80. The summed E-state index contributed by atoms with van der Waals surface area (Å²) in [5.74, 6) is 0.743. The standard InChI is InChI=1S/C15H20Cl2N2O2/c1-10(18)11-3-2-6-19(8-11)15(20)9-21-14-7-12(16)4-5-13(14)17/h4-5,7,10-11H,2-3,6,8-9,18H2,1H3/t10-,11-/m1/s1. The number of piperidine rings is 1. The molecule has 1 aromatic rings. The van der Waals surface area contributed by atoms with Gasteiger partial charge in [0.05, 0.1) is 5.02 Å². The fourth-order valence-corrected chi connectivity index (χ4v) is 2.82. The molecule has 0 aromatic heterocycles. The van der Waals surface area contributed by atoms with Crippen molar-refractivity contribution in [3.63, 3.8) is 0 Å². The lowest BCUT2D eigenvalue weighted by Gasteiger charge is -2.34. The molecule has 1 aliphatic rings. The van der Waals surface area contributed by atoms with Crippen LogP contribution in [-0.4, -0.2) is 36.5 Å². The highest BCUT2D eigenvalue weighted by Crippen LogP contribution is 2.27. The number of nitrogens with two attached hydrogens (primary N) is 1. The van der Waals surface area contributed by atoms with E-state index in [1.807, 2.05) is 11.8 Å². The van der Waals surface area contributed by atoms with Crippen molar-refractivity contribution in [2.75, 3.05) is 19.7 Å². The van der Waals surface area contributed by atoms with E-state index in [9.17, 15) is 4.79 Å². The Morgan fingerprint density at radius 3 is 3.00 bits per heavy atom. The van der Waals surface area contributed by atoms with Crippen LogP contribution in [0.5, 0.6) is 5.75 Å². The van der Waals surface area contributed by atoms with Crippen molar-refractivity contribution in [2.45, 2.75) is 25.8 Å². The number of hydrogen-bond acceptors (Lipinski definition) is 3. The van der Waals surface area contributed by atoms with Gasteiger partial charge in [0.2, 0.25) is 0 Å². The van der Waals surface area contributed by atoms with Gasteiger partial charge in [0, 0.05) is 30.2 Å². The van der Waals surface area contributed by atoms with Crippen molar-refractivity contribution in [2.24, 2.45) is 11.7 Å².